The van der Waals surface area contributed by atoms with E-state index in [0.717, 1.165) is 17.5 Å². The summed E-state index contributed by atoms with van der Waals surface area (Å²) in [4.78, 5) is 0. The molecule has 3 atom stereocenters. The van der Waals surface area contributed by atoms with Gasteiger partial charge in [0.25, 0.3) is 0 Å². The molecule has 0 fully saturated rings. The van der Waals surface area contributed by atoms with Crippen molar-refractivity contribution in [2.75, 3.05) is 11.4 Å². The summed E-state index contributed by atoms with van der Waals surface area (Å²) in [6.45, 7) is 16.8. The summed E-state index contributed by atoms with van der Waals surface area (Å²) in [5, 5.41) is 0. The number of ether oxygens (including phenoxy) is 3. The second-order valence-corrected chi connectivity index (χ2v) is 24.8. The van der Waals surface area contributed by atoms with Crippen molar-refractivity contribution in [2.45, 2.75) is 131 Å². The van der Waals surface area contributed by atoms with E-state index >= 15 is 0 Å². The van der Waals surface area contributed by atoms with Gasteiger partial charge in [0.05, 0.1) is 0 Å². The number of allylic oxidation sites excluding steroid dienone is 1. The van der Waals surface area contributed by atoms with Gasteiger partial charge >= 0.3 is 229 Å². The zero-order valence-corrected chi connectivity index (χ0v) is 27.7. The zero-order chi connectivity index (χ0) is 26.7. The topological polar surface area (TPSA) is 27.7 Å². The molecule has 0 saturated heterocycles. The first-order valence-corrected chi connectivity index (χ1v) is 23.0. The van der Waals surface area contributed by atoms with Crippen molar-refractivity contribution in [1.29, 1.82) is 0 Å². The van der Waals surface area contributed by atoms with E-state index in [1.165, 1.54) is 57.4 Å². The van der Waals surface area contributed by atoms with E-state index in [1.807, 2.05) is 6.07 Å². The molecule has 0 saturated carbocycles. The predicted octanol–water partition coefficient (Wildman–Crippen LogP) is 9.72. The number of rotatable bonds is 22. The first-order chi connectivity index (χ1) is 17.4. The van der Waals surface area contributed by atoms with Crippen molar-refractivity contribution in [3.8, 4) is 0 Å². The van der Waals surface area contributed by atoms with Gasteiger partial charge in [-0.25, -0.2) is 0 Å². The van der Waals surface area contributed by atoms with Crippen LogP contribution in [0.5, 0.6) is 0 Å². The van der Waals surface area contributed by atoms with Crippen LogP contribution in [0, 0.1) is 5.92 Å². The third-order valence-corrected chi connectivity index (χ3v) is 21.9. The Morgan fingerprint density at radius 1 is 0.889 bits per heavy atom. The van der Waals surface area contributed by atoms with Gasteiger partial charge in [-0.05, 0) is 0 Å². The number of hydrogen-bond acceptors (Lipinski definition) is 3. The van der Waals surface area contributed by atoms with Crippen LogP contribution in [-0.2, 0) is 20.8 Å². The van der Waals surface area contributed by atoms with E-state index in [-0.39, 0.29) is 6.10 Å². The molecule has 1 aromatic rings. The second kappa shape index (κ2) is 19.7. The summed E-state index contributed by atoms with van der Waals surface area (Å²) in [5.41, 5.74) is 0.736. The zero-order valence-electron chi connectivity index (χ0n) is 24.8. The van der Waals surface area contributed by atoms with E-state index in [9.17, 15) is 0 Å². The molecule has 0 unspecified atom stereocenters. The fourth-order valence-electron chi connectivity index (χ4n) is 5.47. The van der Waals surface area contributed by atoms with E-state index < -0.39 is 24.0 Å². The van der Waals surface area contributed by atoms with Crippen molar-refractivity contribution in [1.82, 2.24) is 0 Å². The maximum absolute atomic E-state index is 7.10. The quantitative estimate of drug-likeness (QED) is 0.0567. The number of unbranched alkanes of at least 4 members (excludes halogenated alkanes) is 3. The van der Waals surface area contributed by atoms with Crippen molar-refractivity contribution in [3.63, 3.8) is 0 Å². The van der Waals surface area contributed by atoms with E-state index in [2.05, 4.69) is 84.9 Å². The predicted molar refractivity (Wildman–Crippen MR) is 159 cm³/mol. The van der Waals surface area contributed by atoms with Crippen LogP contribution >= 0.6 is 0 Å². The summed E-state index contributed by atoms with van der Waals surface area (Å²) in [7, 11) is 0. The van der Waals surface area contributed by atoms with E-state index in [4.69, 9.17) is 14.2 Å². The molecule has 0 amide bonds. The summed E-state index contributed by atoms with van der Waals surface area (Å²) >= 11 is -2.43. The Morgan fingerprint density at radius 2 is 1.47 bits per heavy atom. The average molecular weight is 610 g/mol. The second-order valence-electron chi connectivity index (χ2n) is 11.1. The summed E-state index contributed by atoms with van der Waals surface area (Å²) in [5.74, 6) is 0.392. The molecule has 36 heavy (non-hydrogen) atoms. The molecule has 0 radical (unpaired) electrons. The van der Waals surface area contributed by atoms with Gasteiger partial charge in [0.2, 0.25) is 0 Å². The molecule has 0 aliphatic rings. The maximum atomic E-state index is 7.10. The average Bonchev–Trinajstić information content (AvgIpc) is 2.88. The molecule has 208 valence electrons. The summed E-state index contributed by atoms with van der Waals surface area (Å²) < 4.78 is 25.0. The van der Waals surface area contributed by atoms with Crippen LogP contribution in [0.1, 0.15) is 105 Å². The van der Waals surface area contributed by atoms with Crippen LogP contribution in [0.25, 0.3) is 0 Å². The van der Waals surface area contributed by atoms with E-state index in [1.54, 1.807) is 0 Å². The molecule has 0 aromatic heterocycles. The fourth-order valence-corrected chi connectivity index (χ4v) is 20.1. The van der Waals surface area contributed by atoms with E-state index in [0.29, 0.717) is 19.3 Å². The van der Waals surface area contributed by atoms with Crippen LogP contribution in [0.4, 0.5) is 0 Å². The SMILES string of the molecule is C/C=C\[C@](C)(O[CH2][Sn]([CH2]CCC)([CH2]CCC)[CH2]CCC)[C@@H](OCOCc1ccccc1)[C@H](C)CCC. The van der Waals surface area contributed by atoms with Gasteiger partial charge in [-0.1, -0.05) is 0 Å². The molecular weight excluding hydrogens is 551 g/mol. The van der Waals surface area contributed by atoms with Crippen LogP contribution in [0.15, 0.2) is 42.5 Å². The van der Waals surface area contributed by atoms with Crippen LogP contribution in [0.3, 0.4) is 0 Å². The van der Waals surface area contributed by atoms with Gasteiger partial charge in [0.15, 0.2) is 0 Å². The molecule has 3 nitrogen and oxygen atoms in total. The van der Waals surface area contributed by atoms with Crippen LogP contribution in [0.2, 0.25) is 13.3 Å². The summed E-state index contributed by atoms with van der Waals surface area (Å²) in [6, 6.07) is 10.3. The Hall–Kier alpha value is -0.361. The van der Waals surface area contributed by atoms with Gasteiger partial charge in [-0.3, -0.25) is 0 Å². The first-order valence-electron chi connectivity index (χ1n) is 14.9. The molecule has 0 N–H and O–H groups in total. The molecule has 0 spiro atoms. The van der Waals surface area contributed by atoms with Crippen molar-refractivity contribution < 1.29 is 14.2 Å². The van der Waals surface area contributed by atoms with Gasteiger partial charge in [0, 0.05) is 0 Å². The minimum atomic E-state index is -2.43. The van der Waals surface area contributed by atoms with Gasteiger partial charge in [-0.2, -0.15) is 0 Å². The summed E-state index contributed by atoms with van der Waals surface area (Å²) in [6.07, 6.45) is 14.6. The minimum absolute atomic E-state index is 0.0306. The Bertz CT molecular complexity index is 655. The standard InChI is InChI=1S/C20H31O3.3C4H9.Sn/c1-6-11-17(3)19(20(4,21-5)14-7-2)23-16-22-15-18-12-9-8-10-13-18;3*1-3-4-2;/h7-10,12-14,17,19H,5-6,11,15-16H2,1-4H3;3*1,3-4H2,2H3;/b14-7-;;;;/t17-,19+,20+;;;;/m1..../s1. The third kappa shape index (κ3) is 12.5. The molecule has 1 aromatic carbocycles. The molecule has 4 heteroatoms. The molecule has 0 aliphatic heterocycles. The van der Waals surface area contributed by atoms with Crippen LogP contribution in [-0.4, -0.2) is 41.5 Å². The fraction of sp³-hybridized carbons (Fsp3) is 0.750. The monoisotopic (exact) mass is 610 g/mol. The Labute approximate surface area is 228 Å². The van der Waals surface area contributed by atoms with Crippen molar-refractivity contribution >= 4 is 18.4 Å². The number of hydrogen-bond donors (Lipinski definition) is 0. The Morgan fingerprint density at radius 3 is 1.97 bits per heavy atom. The third-order valence-electron chi connectivity index (χ3n) is 7.64. The first kappa shape index (κ1) is 33.7. The molecular formula is C32H58O3Sn. The Kier molecular flexibility index (Phi) is 18.4. The molecule has 0 heterocycles. The number of benzene rings is 1. The van der Waals surface area contributed by atoms with Crippen molar-refractivity contribution in [3.05, 3.63) is 48.0 Å². The molecule has 1 rings (SSSR count). The normalized spacial score (nSPS) is 15.8. The van der Waals surface area contributed by atoms with Gasteiger partial charge in [0.1, 0.15) is 0 Å². The van der Waals surface area contributed by atoms with Gasteiger partial charge < -0.3 is 0 Å². The Balaban J connectivity index is 3.05. The van der Waals surface area contributed by atoms with Crippen LogP contribution < -0.4 is 0 Å². The molecule has 0 aliphatic carbocycles. The molecule has 0 bridgehead atoms. The van der Waals surface area contributed by atoms with Crippen molar-refractivity contribution in [2.24, 2.45) is 5.92 Å². The van der Waals surface area contributed by atoms with Gasteiger partial charge in [-0.15, -0.1) is 0 Å².